The van der Waals surface area contributed by atoms with Gasteiger partial charge in [-0.1, -0.05) is 0 Å². The van der Waals surface area contributed by atoms with Crippen molar-refractivity contribution in [3.05, 3.63) is 26.6 Å². The Kier molecular flexibility index (Phi) is 2.87. The molecule has 2 aromatic rings. The molecular weight excluding hydrogens is 252 g/mol. The number of fused-ring (bicyclic) bond motifs is 3. The van der Waals surface area contributed by atoms with Crippen molar-refractivity contribution in [2.45, 2.75) is 32.3 Å². The number of hydrogen-bond donors (Lipinski definition) is 1. The van der Waals surface area contributed by atoms with Crippen molar-refractivity contribution >= 4 is 28.0 Å². The maximum atomic E-state index is 12.1. The van der Waals surface area contributed by atoms with Crippen LogP contribution in [0.3, 0.4) is 0 Å². The number of H-pyrrole nitrogens is 1. The van der Waals surface area contributed by atoms with Crippen LogP contribution in [0.1, 0.15) is 29.1 Å². The van der Waals surface area contributed by atoms with Gasteiger partial charge in [-0.15, -0.1) is 11.3 Å². The fourth-order valence-corrected chi connectivity index (χ4v) is 3.67. The molecule has 1 aliphatic carbocycles. The van der Waals surface area contributed by atoms with Crippen molar-refractivity contribution in [3.8, 4) is 0 Å². The molecule has 0 aliphatic heterocycles. The van der Waals surface area contributed by atoms with Crippen LogP contribution in [-0.2, 0) is 29.0 Å². The molecule has 1 aliphatic rings. The van der Waals surface area contributed by atoms with Gasteiger partial charge in [0.05, 0.1) is 5.39 Å². The zero-order valence-electron chi connectivity index (χ0n) is 9.69. The molecule has 0 amide bonds. The Morgan fingerprint density at radius 2 is 2.22 bits per heavy atom. The van der Waals surface area contributed by atoms with Crippen LogP contribution in [0.15, 0.2) is 4.79 Å². The number of thiophene rings is 1. The molecule has 0 spiro atoms. The summed E-state index contributed by atoms with van der Waals surface area (Å²) in [6, 6.07) is 0. The minimum Gasteiger partial charge on any atom is -0.460 e. The Balaban J connectivity index is 2.14. The predicted octanol–water partition coefficient (Wildman–Crippen LogP) is 1.54. The molecule has 0 bridgehead atoms. The van der Waals surface area contributed by atoms with Crippen molar-refractivity contribution in [1.29, 1.82) is 0 Å². The summed E-state index contributed by atoms with van der Waals surface area (Å²) in [5, 5.41) is 0.726. The van der Waals surface area contributed by atoms with Gasteiger partial charge in [-0.3, -0.25) is 9.59 Å². The van der Waals surface area contributed by atoms with E-state index in [1.54, 1.807) is 11.3 Å². The maximum absolute atomic E-state index is 12.1. The van der Waals surface area contributed by atoms with E-state index >= 15 is 0 Å². The molecular formula is C12H12N2O3S. The number of ether oxygens (including phenoxy) is 1. The molecule has 0 radical (unpaired) electrons. The number of hydrogen-bond acceptors (Lipinski definition) is 5. The van der Waals surface area contributed by atoms with Crippen LogP contribution in [-0.4, -0.2) is 16.4 Å². The van der Waals surface area contributed by atoms with Crippen LogP contribution in [0.2, 0.25) is 0 Å². The molecule has 2 aromatic heterocycles. The summed E-state index contributed by atoms with van der Waals surface area (Å²) in [6.07, 6.45) is 4.31. The van der Waals surface area contributed by atoms with Gasteiger partial charge in [-0.05, 0) is 31.2 Å². The fraction of sp³-hybridized carbons (Fsp3) is 0.417. The zero-order chi connectivity index (χ0) is 12.5. The van der Waals surface area contributed by atoms with Gasteiger partial charge in [0.1, 0.15) is 17.3 Å². The third-order valence-corrected chi connectivity index (χ3v) is 4.35. The van der Waals surface area contributed by atoms with Crippen LogP contribution in [0, 0.1) is 0 Å². The van der Waals surface area contributed by atoms with Gasteiger partial charge in [-0.2, -0.15) is 0 Å². The largest absolute Gasteiger partial charge is 0.460 e. The smallest absolute Gasteiger partial charge is 0.293 e. The molecule has 3 rings (SSSR count). The molecule has 6 heteroatoms. The highest BCUT2D eigenvalue weighted by atomic mass is 32.1. The van der Waals surface area contributed by atoms with Crippen molar-refractivity contribution in [2.24, 2.45) is 0 Å². The number of carbonyl (C=O) groups excluding carboxylic acids is 1. The average Bonchev–Trinajstić information content (AvgIpc) is 2.74. The van der Waals surface area contributed by atoms with Gasteiger partial charge in [0.2, 0.25) is 0 Å². The van der Waals surface area contributed by atoms with Crippen LogP contribution in [0.4, 0.5) is 0 Å². The molecule has 0 saturated carbocycles. The molecule has 2 heterocycles. The lowest BCUT2D eigenvalue weighted by atomic mass is 9.97. The lowest BCUT2D eigenvalue weighted by molar-refractivity contribution is -0.130. The fourth-order valence-electron chi connectivity index (χ4n) is 2.39. The van der Waals surface area contributed by atoms with E-state index in [1.165, 1.54) is 11.3 Å². The number of nitrogens with zero attached hydrogens (tertiary/aromatic N) is 1. The lowest BCUT2D eigenvalue weighted by Crippen LogP contribution is -2.13. The normalized spacial score (nSPS) is 14.4. The van der Waals surface area contributed by atoms with Gasteiger partial charge in [0, 0.05) is 4.88 Å². The molecule has 5 nitrogen and oxygen atoms in total. The van der Waals surface area contributed by atoms with E-state index in [-0.39, 0.29) is 12.2 Å². The molecule has 0 atom stereocenters. The third kappa shape index (κ3) is 1.82. The Labute approximate surface area is 107 Å². The second-order valence-corrected chi connectivity index (χ2v) is 5.39. The van der Waals surface area contributed by atoms with E-state index in [2.05, 4.69) is 14.7 Å². The second-order valence-electron chi connectivity index (χ2n) is 4.31. The first-order valence-corrected chi connectivity index (χ1v) is 6.70. The van der Waals surface area contributed by atoms with E-state index in [0.29, 0.717) is 12.3 Å². The van der Waals surface area contributed by atoms with Gasteiger partial charge in [0.25, 0.3) is 12.0 Å². The van der Waals surface area contributed by atoms with E-state index in [4.69, 9.17) is 0 Å². The summed E-state index contributed by atoms with van der Waals surface area (Å²) in [6.45, 7) is 0.362. The highest BCUT2D eigenvalue weighted by Gasteiger charge is 2.19. The Morgan fingerprint density at radius 1 is 1.39 bits per heavy atom. The van der Waals surface area contributed by atoms with E-state index in [0.717, 1.165) is 35.0 Å². The number of rotatable bonds is 3. The highest BCUT2D eigenvalue weighted by molar-refractivity contribution is 7.18. The predicted molar refractivity (Wildman–Crippen MR) is 67.7 cm³/mol. The second kappa shape index (κ2) is 4.53. The lowest BCUT2D eigenvalue weighted by Gasteiger charge is -2.09. The van der Waals surface area contributed by atoms with Gasteiger partial charge >= 0.3 is 0 Å². The van der Waals surface area contributed by atoms with Crippen molar-refractivity contribution in [2.75, 3.05) is 0 Å². The highest BCUT2D eigenvalue weighted by Crippen LogP contribution is 2.33. The summed E-state index contributed by atoms with van der Waals surface area (Å²) >= 11 is 1.59. The molecule has 0 unspecified atom stereocenters. The Morgan fingerprint density at radius 3 is 3.06 bits per heavy atom. The first kappa shape index (κ1) is 11.4. The van der Waals surface area contributed by atoms with E-state index < -0.39 is 0 Å². The molecule has 18 heavy (non-hydrogen) atoms. The molecule has 94 valence electrons. The van der Waals surface area contributed by atoms with Crippen molar-refractivity contribution in [3.63, 3.8) is 0 Å². The van der Waals surface area contributed by atoms with Crippen LogP contribution < -0.4 is 5.56 Å². The minimum atomic E-state index is -0.121. The monoisotopic (exact) mass is 264 g/mol. The number of nitrogens with one attached hydrogen (secondary N) is 1. The van der Waals surface area contributed by atoms with Crippen LogP contribution in [0.25, 0.3) is 10.2 Å². The minimum absolute atomic E-state index is 0.0112. The number of carbonyl (C=O) groups is 1. The summed E-state index contributed by atoms with van der Waals surface area (Å²) in [5.41, 5.74) is 1.04. The summed E-state index contributed by atoms with van der Waals surface area (Å²) in [4.78, 5) is 31.3. The molecule has 0 aromatic carbocycles. The molecule has 0 saturated heterocycles. The van der Waals surface area contributed by atoms with Crippen LogP contribution in [0.5, 0.6) is 0 Å². The van der Waals surface area contributed by atoms with E-state index in [1.807, 2.05) is 0 Å². The number of aryl methyl sites for hydroxylation is 2. The van der Waals surface area contributed by atoms with Gasteiger partial charge in [0.15, 0.2) is 0 Å². The SMILES string of the molecule is O=COCc1nc2sc3c(c2c(=O)[nH]1)CCCC3. The Bertz CT molecular complexity index is 659. The van der Waals surface area contributed by atoms with Crippen molar-refractivity contribution < 1.29 is 9.53 Å². The molecule has 0 fully saturated rings. The first-order chi connectivity index (χ1) is 8.79. The van der Waals surface area contributed by atoms with Gasteiger partial charge < -0.3 is 9.72 Å². The third-order valence-electron chi connectivity index (χ3n) is 3.16. The average molecular weight is 264 g/mol. The standard InChI is InChI=1S/C12H12N2O3S/c15-6-17-5-9-13-11(16)10-7-3-1-2-4-8(7)18-12(10)14-9/h6H,1-5H2,(H,13,14,16). The first-order valence-electron chi connectivity index (χ1n) is 5.88. The zero-order valence-corrected chi connectivity index (χ0v) is 10.5. The quantitative estimate of drug-likeness (QED) is 0.853. The van der Waals surface area contributed by atoms with E-state index in [9.17, 15) is 9.59 Å². The van der Waals surface area contributed by atoms with Gasteiger partial charge in [-0.25, -0.2) is 4.98 Å². The summed E-state index contributed by atoms with van der Waals surface area (Å²) in [5.74, 6) is 0.401. The van der Waals surface area contributed by atoms with Crippen molar-refractivity contribution in [1.82, 2.24) is 9.97 Å². The summed E-state index contributed by atoms with van der Waals surface area (Å²) < 4.78 is 4.62. The summed E-state index contributed by atoms with van der Waals surface area (Å²) in [7, 11) is 0. The number of aromatic amines is 1. The Hall–Kier alpha value is -1.69. The molecule has 1 N–H and O–H groups in total. The number of aromatic nitrogens is 2. The maximum Gasteiger partial charge on any atom is 0.293 e. The van der Waals surface area contributed by atoms with Crippen LogP contribution >= 0.6 is 11.3 Å². The topological polar surface area (TPSA) is 72.0 Å².